The van der Waals surface area contributed by atoms with Crippen LogP contribution in [0.25, 0.3) is 5.52 Å². The SMILES string of the molecule is Cc1c(/C=N\NC(=S)NC(C)C)c2ccccn2c1C(=O)c1ccccc1. The standard InChI is InChI=1S/C21H22N4OS/c1-14(2)23-21(27)24-22-13-17-15(3)19(25-12-8-7-11-18(17)25)20(26)16-9-5-4-6-10-16/h4-14H,1-3H3,(H2,23,24,27)/b22-13-. The van der Waals surface area contributed by atoms with Crippen molar-refractivity contribution in [1.82, 2.24) is 15.1 Å². The lowest BCUT2D eigenvalue weighted by atomic mass is 10.0. The van der Waals surface area contributed by atoms with Crippen LogP contribution in [0.2, 0.25) is 0 Å². The molecule has 0 unspecified atom stereocenters. The Hall–Kier alpha value is -2.99. The van der Waals surface area contributed by atoms with E-state index in [2.05, 4.69) is 15.8 Å². The maximum Gasteiger partial charge on any atom is 0.210 e. The van der Waals surface area contributed by atoms with Gasteiger partial charge in [-0.05, 0) is 50.7 Å². The number of hydrazone groups is 1. The smallest absolute Gasteiger partial charge is 0.210 e. The quantitative estimate of drug-likeness (QED) is 0.308. The highest BCUT2D eigenvalue weighted by Crippen LogP contribution is 2.24. The largest absolute Gasteiger partial charge is 0.359 e. The van der Waals surface area contributed by atoms with Crippen molar-refractivity contribution in [3.8, 4) is 0 Å². The summed E-state index contributed by atoms with van der Waals surface area (Å²) in [6.45, 7) is 5.95. The van der Waals surface area contributed by atoms with Crippen LogP contribution in [0.3, 0.4) is 0 Å². The highest BCUT2D eigenvalue weighted by atomic mass is 32.1. The fourth-order valence-electron chi connectivity index (χ4n) is 2.98. The van der Waals surface area contributed by atoms with Crippen molar-refractivity contribution < 1.29 is 4.79 Å². The predicted molar refractivity (Wildman–Crippen MR) is 114 cm³/mol. The Morgan fingerprint density at radius 1 is 1.15 bits per heavy atom. The Labute approximate surface area is 164 Å². The molecule has 0 fully saturated rings. The summed E-state index contributed by atoms with van der Waals surface area (Å²) in [6, 6.07) is 15.4. The Balaban J connectivity index is 1.99. The normalized spacial score (nSPS) is 11.3. The van der Waals surface area contributed by atoms with Gasteiger partial charge in [0, 0.05) is 23.4 Å². The fourth-order valence-corrected chi connectivity index (χ4v) is 3.27. The number of aromatic nitrogens is 1. The second kappa shape index (κ2) is 8.14. The summed E-state index contributed by atoms with van der Waals surface area (Å²) in [5, 5.41) is 7.78. The van der Waals surface area contributed by atoms with Gasteiger partial charge < -0.3 is 9.72 Å². The van der Waals surface area contributed by atoms with E-state index in [0.717, 1.165) is 16.6 Å². The van der Waals surface area contributed by atoms with Crippen molar-refractivity contribution in [3.63, 3.8) is 0 Å². The first-order valence-corrected chi connectivity index (χ1v) is 9.19. The van der Waals surface area contributed by atoms with Crippen LogP contribution < -0.4 is 10.7 Å². The van der Waals surface area contributed by atoms with Crippen LogP contribution in [0.5, 0.6) is 0 Å². The van der Waals surface area contributed by atoms with Crippen molar-refractivity contribution in [1.29, 1.82) is 0 Å². The van der Waals surface area contributed by atoms with E-state index in [4.69, 9.17) is 12.2 Å². The van der Waals surface area contributed by atoms with Gasteiger partial charge in [0.1, 0.15) is 0 Å². The number of benzene rings is 1. The van der Waals surface area contributed by atoms with Crippen molar-refractivity contribution in [2.75, 3.05) is 0 Å². The second-order valence-electron chi connectivity index (χ2n) is 6.54. The molecule has 5 nitrogen and oxygen atoms in total. The number of thiocarbonyl (C=S) groups is 1. The summed E-state index contributed by atoms with van der Waals surface area (Å²) < 4.78 is 1.91. The molecule has 0 aliphatic carbocycles. The molecule has 2 N–H and O–H groups in total. The third-order valence-corrected chi connectivity index (χ3v) is 4.38. The van der Waals surface area contributed by atoms with Gasteiger partial charge in [0.05, 0.1) is 17.4 Å². The van der Waals surface area contributed by atoms with Crippen LogP contribution in [-0.4, -0.2) is 27.6 Å². The average molecular weight is 379 g/mol. The fraction of sp³-hybridized carbons (Fsp3) is 0.190. The number of pyridine rings is 1. The maximum absolute atomic E-state index is 13.1. The first-order valence-electron chi connectivity index (χ1n) is 8.78. The number of carbonyl (C=O) groups excluding carboxylic acids is 1. The molecule has 3 aromatic rings. The van der Waals surface area contributed by atoms with E-state index < -0.39 is 0 Å². The zero-order chi connectivity index (χ0) is 19.4. The van der Waals surface area contributed by atoms with Crippen molar-refractivity contribution in [3.05, 3.63) is 77.1 Å². The molecule has 2 aromatic heterocycles. The Morgan fingerprint density at radius 2 is 1.85 bits per heavy atom. The topological polar surface area (TPSA) is 57.9 Å². The van der Waals surface area contributed by atoms with E-state index in [0.29, 0.717) is 16.4 Å². The summed E-state index contributed by atoms with van der Waals surface area (Å²) >= 11 is 5.19. The summed E-state index contributed by atoms with van der Waals surface area (Å²) in [5.74, 6) is -0.0149. The number of rotatable bonds is 5. The lowest BCUT2D eigenvalue weighted by Gasteiger charge is -2.09. The van der Waals surface area contributed by atoms with E-state index in [1.807, 2.05) is 79.9 Å². The van der Waals surface area contributed by atoms with Gasteiger partial charge >= 0.3 is 0 Å². The number of hydrogen-bond donors (Lipinski definition) is 2. The molecule has 0 radical (unpaired) electrons. The molecule has 6 heteroatoms. The van der Waals surface area contributed by atoms with Crippen molar-refractivity contribution >= 4 is 34.8 Å². The van der Waals surface area contributed by atoms with Crippen LogP contribution in [0.1, 0.15) is 41.0 Å². The minimum absolute atomic E-state index is 0.0149. The molecule has 0 saturated heterocycles. The third-order valence-electron chi connectivity index (χ3n) is 4.17. The molecule has 3 rings (SSSR count). The molecule has 0 saturated carbocycles. The molecule has 138 valence electrons. The molecule has 1 aromatic carbocycles. The number of hydrogen-bond acceptors (Lipinski definition) is 3. The second-order valence-corrected chi connectivity index (χ2v) is 6.94. The first-order chi connectivity index (χ1) is 13.0. The molecule has 0 bridgehead atoms. The lowest BCUT2D eigenvalue weighted by molar-refractivity contribution is 0.103. The van der Waals surface area contributed by atoms with E-state index in [9.17, 15) is 4.79 Å². The summed E-state index contributed by atoms with van der Waals surface area (Å²) in [6.07, 6.45) is 3.61. The van der Waals surface area contributed by atoms with Gasteiger partial charge in [0.25, 0.3) is 0 Å². The summed E-state index contributed by atoms with van der Waals surface area (Å²) in [7, 11) is 0. The van der Waals surface area contributed by atoms with Gasteiger partial charge in [-0.2, -0.15) is 5.10 Å². The molecule has 0 aliphatic heterocycles. The Bertz CT molecular complexity index is 1010. The van der Waals surface area contributed by atoms with Gasteiger partial charge in [-0.1, -0.05) is 36.4 Å². The lowest BCUT2D eigenvalue weighted by Crippen LogP contribution is -2.36. The van der Waals surface area contributed by atoms with Crippen LogP contribution in [0.15, 0.2) is 59.8 Å². The molecule has 2 heterocycles. The minimum Gasteiger partial charge on any atom is -0.359 e. The molecule has 27 heavy (non-hydrogen) atoms. The van der Waals surface area contributed by atoms with Crippen LogP contribution in [-0.2, 0) is 0 Å². The van der Waals surface area contributed by atoms with Gasteiger partial charge in [-0.25, -0.2) is 0 Å². The Kier molecular flexibility index (Phi) is 5.66. The van der Waals surface area contributed by atoms with Crippen molar-refractivity contribution in [2.45, 2.75) is 26.8 Å². The molecular weight excluding hydrogens is 356 g/mol. The van der Waals surface area contributed by atoms with Crippen LogP contribution >= 0.6 is 12.2 Å². The van der Waals surface area contributed by atoms with E-state index >= 15 is 0 Å². The summed E-state index contributed by atoms with van der Waals surface area (Å²) in [4.78, 5) is 13.1. The van der Waals surface area contributed by atoms with E-state index in [1.54, 1.807) is 6.21 Å². The predicted octanol–water partition coefficient (Wildman–Crippen LogP) is 3.69. The number of ketones is 1. The monoisotopic (exact) mass is 378 g/mol. The molecule has 0 atom stereocenters. The number of fused-ring (bicyclic) bond motifs is 1. The Morgan fingerprint density at radius 3 is 2.56 bits per heavy atom. The number of carbonyl (C=O) groups is 1. The molecule has 0 spiro atoms. The highest BCUT2D eigenvalue weighted by Gasteiger charge is 2.20. The van der Waals surface area contributed by atoms with Crippen LogP contribution in [0.4, 0.5) is 0 Å². The van der Waals surface area contributed by atoms with Gasteiger partial charge in [0.15, 0.2) is 5.11 Å². The molecular formula is C21H22N4OS. The van der Waals surface area contributed by atoms with E-state index in [1.165, 1.54) is 0 Å². The number of nitrogens with zero attached hydrogens (tertiary/aromatic N) is 2. The molecule has 0 aliphatic rings. The summed E-state index contributed by atoms with van der Waals surface area (Å²) in [5.41, 5.74) is 6.80. The zero-order valence-electron chi connectivity index (χ0n) is 15.6. The van der Waals surface area contributed by atoms with E-state index in [-0.39, 0.29) is 11.8 Å². The first kappa shape index (κ1) is 18.8. The van der Waals surface area contributed by atoms with Crippen LogP contribution in [0, 0.1) is 6.92 Å². The minimum atomic E-state index is -0.0149. The maximum atomic E-state index is 13.1. The van der Waals surface area contributed by atoms with Gasteiger partial charge in [0.2, 0.25) is 5.78 Å². The zero-order valence-corrected chi connectivity index (χ0v) is 16.4. The number of nitrogens with one attached hydrogen (secondary N) is 2. The van der Waals surface area contributed by atoms with Gasteiger partial charge in [-0.15, -0.1) is 0 Å². The molecule has 0 amide bonds. The van der Waals surface area contributed by atoms with Crippen molar-refractivity contribution in [2.24, 2.45) is 5.10 Å². The highest BCUT2D eigenvalue weighted by molar-refractivity contribution is 7.80. The van der Waals surface area contributed by atoms with Gasteiger partial charge in [-0.3, -0.25) is 10.2 Å². The third kappa shape index (κ3) is 4.06. The average Bonchev–Trinajstić information content (AvgIpc) is 2.93.